The monoisotopic (exact) mass is 717 g/mol. The molecule has 12 heteroatoms. The summed E-state index contributed by atoms with van der Waals surface area (Å²) in [6.07, 6.45) is 9.81. The molecule has 7 atom stereocenters. The van der Waals surface area contributed by atoms with Crippen LogP contribution in [0.25, 0.3) is 0 Å². The lowest BCUT2D eigenvalue weighted by atomic mass is 9.93. The molecule has 49 heavy (non-hydrogen) atoms. The minimum absolute atomic E-state index is 0.00342. The molecular formula is C37H63N3O7Si2. The summed E-state index contributed by atoms with van der Waals surface area (Å²) in [5.41, 5.74) is 0.813. The van der Waals surface area contributed by atoms with Gasteiger partial charge in [-0.3, -0.25) is 19.3 Å². The number of cyclic esters (lactones) is 1. The molecule has 1 fully saturated rings. The first-order valence-electron chi connectivity index (χ1n) is 18.0. The number of carbonyl (C=O) groups excluding carboxylic acids is 3. The van der Waals surface area contributed by atoms with Gasteiger partial charge in [-0.05, 0) is 50.5 Å². The lowest BCUT2D eigenvalue weighted by molar-refractivity contribution is -0.160. The van der Waals surface area contributed by atoms with Crippen LogP contribution in [-0.2, 0) is 28.3 Å². The summed E-state index contributed by atoms with van der Waals surface area (Å²) < 4.78 is 19.3. The van der Waals surface area contributed by atoms with Gasteiger partial charge in [-0.25, -0.2) is 4.99 Å². The van der Waals surface area contributed by atoms with Crippen molar-refractivity contribution in [3.05, 3.63) is 36.0 Å². The van der Waals surface area contributed by atoms with Gasteiger partial charge in [-0.2, -0.15) is 0 Å². The number of hydrogen-bond acceptors (Lipinski definition) is 9. The second kappa shape index (κ2) is 17.2. The number of nitrogens with zero attached hydrogens (tertiary/aromatic N) is 2. The predicted molar refractivity (Wildman–Crippen MR) is 201 cm³/mol. The van der Waals surface area contributed by atoms with Gasteiger partial charge < -0.3 is 24.3 Å². The molecule has 10 nitrogen and oxygen atoms in total. The maximum atomic E-state index is 13.7. The predicted octanol–water partition coefficient (Wildman–Crippen LogP) is 5.60. The number of hydrogen-bond donors (Lipinski definition) is 2. The molecule has 2 bridgehead atoms. The third-order valence-electron chi connectivity index (χ3n) is 10.3. The SMILES string of the molecule is CC1=C/C(O[Si](C)(C)C(C)(C)C)CC(=O)CC2=NC(CN3CCC[C@@H]3C(=O)O[C@H]([C@@H](C)CO)[C@H](C)/C=C/C(=O)NC\C=C\1)C([Si](C)(C)C)O2. The molecule has 0 aromatic rings. The van der Waals surface area contributed by atoms with Gasteiger partial charge >= 0.3 is 5.97 Å². The van der Waals surface area contributed by atoms with Gasteiger partial charge in [0.25, 0.3) is 0 Å². The standard InChI is InChI=1S/C37H63N3O7Si2/c1-25-14-12-18-38-32(43)17-16-26(2)34(27(3)24-41)46-35(44)31-15-13-19-40(31)23-30-36(48(7,8)9)45-33(39-30)22-28(42)21-29(20-25)47-49(10,11)37(4,5)6/h12,14,16-17,20,26-27,29-31,34,36,41H,13,15,18-19,21-24H2,1-11H3,(H,38,43)/b14-12+,17-16+,25-20-/t26-,27+,29?,30?,31-,34+,36?/m1/s1. The zero-order valence-electron chi connectivity index (χ0n) is 31.9. The maximum absolute atomic E-state index is 13.7. The summed E-state index contributed by atoms with van der Waals surface area (Å²) in [4.78, 5) is 47.2. The largest absolute Gasteiger partial charge is 0.479 e. The smallest absolute Gasteiger partial charge is 0.323 e. The minimum atomic E-state index is -2.21. The first-order valence-corrected chi connectivity index (χ1v) is 24.5. The molecule has 1 amide bonds. The summed E-state index contributed by atoms with van der Waals surface area (Å²) in [6, 6.07) is -0.628. The minimum Gasteiger partial charge on any atom is -0.479 e. The summed E-state index contributed by atoms with van der Waals surface area (Å²) in [5.74, 6) is -0.726. The zero-order chi connectivity index (χ0) is 36.7. The van der Waals surface area contributed by atoms with Gasteiger partial charge in [0.05, 0.1) is 26.6 Å². The van der Waals surface area contributed by atoms with Crippen LogP contribution in [0.5, 0.6) is 0 Å². The van der Waals surface area contributed by atoms with Crippen molar-refractivity contribution in [3.8, 4) is 0 Å². The summed E-state index contributed by atoms with van der Waals surface area (Å²) in [7, 11) is -4.10. The Morgan fingerprint density at radius 1 is 1.12 bits per heavy atom. The average molecular weight is 718 g/mol. The van der Waals surface area contributed by atoms with Crippen LogP contribution < -0.4 is 5.32 Å². The van der Waals surface area contributed by atoms with Crippen molar-refractivity contribution in [1.29, 1.82) is 0 Å². The van der Waals surface area contributed by atoms with Crippen molar-refractivity contribution in [2.45, 2.75) is 135 Å². The average Bonchev–Trinajstić information content (AvgIpc) is 3.62. The molecule has 0 aromatic heterocycles. The molecule has 3 heterocycles. The Morgan fingerprint density at radius 3 is 2.45 bits per heavy atom. The van der Waals surface area contributed by atoms with Gasteiger partial charge in [-0.1, -0.05) is 84.1 Å². The lowest BCUT2D eigenvalue weighted by Gasteiger charge is -2.38. The summed E-state index contributed by atoms with van der Waals surface area (Å²) in [6.45, 7) is 24.8. The number of Topliss-reactive ketones (excluding diaryl/α,β-unsaturated/α-hetero) is 1. The first-order chi connectivity index (χ1) is 22.7. The van der Waals surface area contributed by atoms with E-state index in [9.17, 15) is 19.5 Å². The maximum Gasteiger partial charge on any atom is 0.323 e. The molecule has 0 aromatic carbocycles. The van der Waals surface area contributed by atoms with Crippen LogP contribution in [0.3, 0.4) is 0 Å². The van der Waals surface area contributed by atoms with Gasteiger partial charge in [0.2, 0.25) is 5.91 Å². The van der Waals surface area contributed by atoms with Gasteiger partial charge in [0, 0.05) is 38.0 Å². The number of aliphatic hydroxyl groups excluding tert-OH is 1. The molecule has 0 saturated carbocycles. The third-order valence-corrected chi connectivity index (χ3v) is 17.0. The van der Waals surface area contributed by atoms with Crippen molar-refractivity contribution in [2.24, 2.45) is 16.8 Å². The Bertz CT molecular complexity index is 1300. The topological polar surface area (TPSA) is 127 Å². The van der Waals surface area contributed by atoms with E-state index in [1.807, 2.05) is 39.0 Å². The molecule has 276 valence electrons. The highest BCUT2D eigenvalue weighted by molar-refractivity contribution is 6.77. The van der Waals surface area contributed by atoms with Crippen LogP contribution >= 0.6 is 0 Å². The molecular weight excluding hydrogens is 655 g/mol. The molecule has 1 saturated heterocycles. The lowest BCUT2D eigenvalue weighted by Crippen LogP contribution is -2.51. The Morgan fingerprint density at radius 2 is 1.82 bits per heavy atom. The summed E-state index contributed by atoms with van der Waals surface area (Å²) >= 11 is 0. The van der Waals surface area contributed by atoms with Crippen molar-refractivity contribution in [2.75, 3.05) is 26.2 Å². The van der Waals surface area contributed by atoms with E-state index in [1.165, 1.54) is 6.08 Å². The molecule has 3 unspecified atom stereocenters. The fraction of sp³-hybridized carbons (Fsp3) is 0.730. The van der Waals surface area contributed by atoms with E-state index >= 15 is 0 Å². The Hall–Kier alpha value is -2.39. The molecule has 0 radical (unpaired) electrons. The number of aliphatic hydroxyl groups is 1. The van der Waals surface area contributed by atoms with E-state index < -0.39 is 34.6 Å². The third kappa shape index (κ3) is 11.8. The van der Waals surface area contributed by atoms with Crippen molar-refractivity contribution in [1.82, 2.24) is 10.2 Å². The Balaban J connectivity index is 1.97. The number of nitrogens with one attached hydrogen (secondary N) is 1. The number of fused-ring (bicyclic) bond motifs is 2. The number of rotatable bonds is 5. The van der Waals surface area contributed by atoms with E-state index in [4.69, 9.17) is 18.9 Å². The number of aliphatic imine (C=N–C) groups is 1. The second-order valence-corrected chi connectivity index (χ2v) is 26.9. The molecule has 3 rings (SSSR count). The van der Waals surface area contributed by atoms with Crippen molar-refractivity contribution >= 4 is 39.9 Å². The van der Waals surface area contributed by atoms with Crippen molar-refractivity contribution < 1.29 is 33.4 Å². The number of amides is 1. The van der Waals surface area contributed by atoms with E-state index in [0.29, 0.717) is 25.4 Å². The summed E-state index contributed by atoms with van der Waals surface area (Å²) in [5, 5.41) is 12.8. The molecule has 3 aliphatic heterocycles. The second-order valence-electron chi connectivity index (χ2n) is 16.8. The fourth-order valence-electron chi connectivity index (χ4n) is 6.41. The van der Waals surface area contributed by atoms with E-state index in [1.54, 1.807) is 6.08 Å². The van der Waals surface area contributed by atoms with E-state index in [0.717, 1.165) is 18.5 Å². The number of allylic oxidation sites excluding steroid dienone is 2. The number of ketones is 1. The normalized spacial score (nSPS) is 32.1. The van der Waals surface area contributed by atoms with Crippen molar-refractivity contribution in [3.63, 3.8) is 0 Å². The van der Waals surface area contributed by atoms with Gasteiger partial charge in [0.15, 0.2) is 14.2 Å². The zero-order valence-corrected chi connectivity index (χ0v) is 33.9. The van der Waals surface area contributed by atoms with E-state index in [-0.39, 0.29) is 65.8 Å². The highest BCUT2D eigenvalue weighted by atomic mass is 28.4. The quantitative estimate of drug-likeness (QED) is 0.278. The molecule has 0 aliphatic carbocycles. The highest BCUT2D eigenvalue weighted by Crippen LogP contribution is 2.38. The first kappa shape index (κ1) is 41.0. The van der Waals surface area contributed by atoms with Crippen LogP contribution in [0, 0.1) is 11.8 Å². The molecule has 3 aliphatic rings. The number of ether oxygens (including phenoxy) is 2. The van der Waals surface area contributed by atoms with E-state index in [2.05, 4.69) is 63.7 Å². The number of carbonyl (C=O) groups is 3. The number of esters is 1. The fourth-order valence-corrected chi connectivity index (χ4v) is 9.50. The van der Waals surface area contributed by atoms with Gasteiger partial charge in [0.1, 0.15) is 23.7 Å². The van der Waals surface area contributed by atoms with Crippen LogP contribution in [0.2, 0.25) is 37.8 Å². The highest BCUT2D eigenvalue weighted by Gasteiger charge is 2.45. The molecule has 2 N–H and O–H groups in total. The Labute approximate surface area is 297 Å². The molecule has 0 spiro atoms. The van der Waals surface area contributed by atoms with Crippen LogP contribution in [0.4, 0.5) is 0 Å². The Kier molecular flexibility index (Phi) is 14.4. The van der Waals surface area contributed by atoms with Crippen LogP contribution in [0.15, 0.2) is 40.9 Å². The van der Waals surface area contributed by atoms with Crippen LogP contribution in [-0.4, -0.2) is 106 Å². The van der Waals surface area contributed by atoms with Gasteiger partial charge in [-0.15, -0.1) is 0 Å². The van der Waals surface area contributed by atoms with Crippen LogP contribution in [0.1, 0.15) is 67.2 Å².